The van der Waals surface area contributed by atoms with Crippen molar-refractivity contribution < 1.29 is 22.3 Å². The molecule has 0 saturated carbocycles. The number of nitrogens with zero attached hydrogens (tertiary/aromatic N) is 4. The van der Waals surface area contributed by atoms with Gasteiger partial charge in [-0.2, -0.15) is 13.2 Å². The summed E-state index contributed by atoms with van der Waals surface area (Å²) in [5, 5.41) is 0. The minimum Gasteiger partial charge on any atom is -0.436 e. The summed E-state index contributed by atoms with van der Waals surface area (Å²) >= 11 is 0. The van der Waals surface area contributed by atoms with Crippen LogP contribution in [-0.4, -0.2) is 40.5 Å². The Balaban J connectivity index is 1.41. The van der Waals surface area contributed by atoms with E-state index < -0.39 is 17.6 Å². The van der Waals surface area contributed by atoms with Gasteiger partial charge in [0.1, 0.15) is 12.1 Å². The maximum Gasteiger partial charge on any atom is 0.416 e. The van der Waals surface area contributed by atoms with E-state index in [-0.39, 0.29) is 17.7 Å². The fourth-order valence-corrected chi connectivity index (χ4v) is 3.72. The number of ether oxygens (including phenoxy) is 1. The lowest BCUT2D eigenvalue weighted by Crippen LogP contribution is -2.51. The van der Waals surface area contributed by atoms with E-state index in [1.807, 2.05) is 6.92 Å². The number of alkyl halides is 3. The Morgan fingerprint density at radius 1 is 1.03 bits per heavy atom. The number of halogens is 4. The molecule has 1 atom stereocenters. The molecule has 5 nitrogen and oxygen atoms in total. The lowest BCUT2D eigenvalue weighted by Gasteiger charge is -2.40. The molecule has 9 heteroatoms. The molecule has 2 heterocycles. The van der Waals surface area contributed by atoms with Crippen molar-refractivity contribution in [2.75, 3.05) is 24.5 Å². The van der Waals surface area contributed by atoms with Gasteiger partial charge in [0, 0.05) is 38.3 Å². The van der Waals surface area contributed by atoms with Crippen molar-refractivity contribution in [1.82, 2.24) is 14.9 Å². The van der Waals surface area contributed by atoms with Crippen molar-refractivity contribution in [1.29, 1.82) is 0 Å². The SMILES string of the molecule is CC1CN(c2cc(Oc3ccccc3F)ncn2)CCN1Cc1cccc(C(F)(F)F)c1. The Morgan fingerprint density at radius 2 is 1.84 bits per heavy atom. The van der Waals surface area contributed by atoms with E-state index in [2.05, 4.69) is 19.8 Å². The fourth-order valence-electron chi connectivity index (χ4n) is 3.72. The van der Waals surface area contributed by atoms with E-state index in [0.29, 0.717) is 37.6 Å². The molecule has 1 unspecified atom stereocenters. The van der Waals surface area contributed by atoms with Gasteiger partial charge in [-0.25, -0.2) is 14.4 Å². The van der Waals surface area contributed by atoms with Gasteiger partial charge in [0.15, 0.2) is 11.6 Å². The molecular weight excluding hydrogens is 424 g/mol. The molecule has 4 rings (SSSR count). The highest BCUT2D eigenvalue weighted by atomic mass is 19.4. The molecule has 1 aliphatic heterocycles. The first-order valence-electron chi connectivity index (χ1n) is 10.2. The normalized spacial score (nSPS) is 17.4. The number of para-hydroxylation sites is 1. The first-order valence-corrected chi connectivity index (χ1v) is 10.2. The summed E-state index contributed by atoms with van der Waals surface area (Å²) in [5.74, 6) is 0.483. The molecule has 0 aliphatic carbocycles. The first kappa shape index (κ1) is 22.0. The summed E-state index contributed by atoms with van der Waals surface area (Å²) in [6, 6.07) is 13.3. The minimum absolute atomic E-state index is 0.0800. The van der Waals surface area contributed by atoms with Crippen molar-refractivity contribution >= 4 is 5.82 Å². The molecule has 168 valence electrons. The van der Waals surface area contributed by atoms with Gasteiger partial charge in [-0.05, 0) is 30.7 Å². The molecule has 0 amide bonds. The van der Waals surface area contributed by atoms with Gasteiger partial charge in [0.25, 0.3) is 0 Å². The second-order valence-electron chi connectivity index (χ2n) is 7.71. The predicted octanol–water partition coefficient (Wildman–Crippen LogP) is 5.14. The number of piperazine rings is 1. The van der Waals surface area contributed by atoms with Gasteiger partial charge in [0.2, 0.25) is 5.88 Å². The van der Waals surface area contributed by atoms with E-state index in [4.69, 9.17) is 4.74 Å². The molecule has 3 aromatic rings. The third-order valence-electron chi connectivity index (χ3n) is 5.41. The van der Waals surface area contributed by atoms with E-state index in [0.717, 1.165) is 6.07 Å². The molecule has 1 fully saturated rings. The monoisotopic (exact) mass is 446 g/mol. The average molecular weight is 446 g/mol. The van der Waals surface area contributed by atoms with Crippen LogP contribution < -0.4 is 9.64 Å². The topological polar surface area (TPSA) is 41.5 Å². The zero-order valence-corrected chi connectivity index (χ0v) is 17.4. The Morgan fingerprint density at radius 3 is 2.59 bits per heavy atom. The summed E-state index contributed by atoms with van der Waals surface area (Å²) in [4.78, 5) is 12.6. The smallest absolute Gasteiger partial charge is 0.416 e. The summed E-state index contributed by atoms with van der Waals surface area (Å²) in [7, 11) is 0. The summed E-state index contributed by atoms with van der Waals surface area (Å²) < 4.78 is 58.4. The van der Waals surface area contributed by atoms with Crippen LogP contribution in [0.4, 0.5) is 23.4 Å². The summed E-state index contributed by atoms with van der Waals surface area (Å²) in [6.45, 7) is 4.39. The molecule has 0 N–H and O–H groups in total. The summed E-state index contributed by atoms with van der Waals surface area (Å²) in [5.41, 5.74) is -0.00704. The molecule has 1 saturated heterocycles. The Hall–Kier alpha value is -3.20. The molecule has 0 spiro atoms. The predicted molar refractivity (Wildman–Crippen MR) is 112 cm³/mol. The van der Waals surface area contributed by atoms with Crippen molar-refractivity contribution in [3.05, 3.63) is 77.9 Å². The second-order valence-corrected chi connectivity index (χ2v) is 7.71. The highest BCUT2D eigenvalue weighted by Gasteiger charge is 2.31. The van der Waals surface area contributed by atoms with Crippen LogP contribution in [-0.2, 0) is 12.7 Å². The van der Waals surface area contributed by atoms with Crippen LogP contribution in [0.15, 0.2) is 60.9 Å². The van der Waals surface area contributed by atoms with Crippen LogP contribution in [0.2, 0.25) is 0 Å². The second kappa shape index (κ2) is 9.12. The van der Waals surface area contributed by atoms with Gasteiger partial charge < -0.3 is 9.64 Å². The molecule has 0 radical (unpaired) electrons. The quantitative estimate of drug-likeness (QED) is 0.508. The molecular formula is C23H22F4N4O. The molecule has 0 bridgehead atoms. The van der Waals surface area contributed by atoms with Gasteiger partial charge in [0.05, 0.1) is 5.56 Å². The van der Waals surface area contributed by atoms with Crippen LogP contribution in [0.1, 0.15) is 18.1 Å². The van der Waals surface area contributed by atoms with Gasteiger partial charge >= 0.3 is 6.18 Å². The fraction of sp³-hybridized carbons (Fsp3) is 0.304. The van der Waals surface area contributed by atoms with Crippen LogP contribution in [0, 0.1) is 5.82 Å². The standard InChI is InChI=1S/C23H22F4N4O/c1-16-13-31(10-9-30(16)14-17-5-4-6-18(11-17)23(25,26)27)21-12-22(29-15-28-21)32-20-8-3-2-7-19(20)24/h2-8,11-12,15-16H,9-10,13-14H2,1H3. The van der Waals surface area contributed by atoms with Gasteiger partial charge in [-0.15, -0.1) is 0 Å². The summed E-state index contributed by atoms with van der Waals surface area (Å²) in [6.07, 6.45) is -2.99. The zero-order chi connectivity index (χ0) is 22.7. The highest BCUT2D eigenvalue weighted by molar-refractivity contribution is 5.43. The van der Waals surface area contributed by atoms with Crippen molar-refractivity contribution in [3.63, 3.8) is 0 Å². The van der Waals surface area contributed by atoms with E-state index >= 15 is 0 Å². The Bertz CT molecular complexity index is 1080. The minimum atomic E-state index is -4.35. The zero-order valence-electron chi connectivity index (χ0n) is 17.4. The van der Waals surface area contributed by atoms with Gasteiger partial charge in [-0.1, -0.05) is 30.3 Å². The lowest BCUT2D eigenvalue weighted by atomic mass is 10.1. The molecule has 32 heavy (non-hydrogen) atoms. The number of aromatic nitrogens is 2. The lowest BCUT2D eigenvalue weighted by molar-refractivity contribution is -0.137. The van der Waals surface area contributed by atoms with Crippen molar-refractivity contribution in [2.24, 2.45) is 0 Å². The maximum absolute atomic E-state index is 13.8. The van der Waals surface area contributed by atoms with E-state index in [1.165, 1.54) is 30.6 Å². The number of rotatable bonds is 5. The number of hydrogen-bond acceptors (Lipinski definition) is 5. The number of hydrogen-bond donors (Lipinski definition) is 0. The van der Waals surface area contributed by atoms with Gasteiger partial charge in [-0.3, -0.25) is 4.90 Å². The molecule has 1 aromatic heterocycles. The number of anilines is 1. The highest BCUT2D eigenvalue weighted by Crippen LogP contribution is 2.30. The Labute approximate surface area is 183 Å². The first-order chi connectivity index (χ1) is 15.3. The van der Waals surface area contributed by atoms with Crippen LogP contribution >= 0.6 is 0 Å². The van der Waals surface area contributed by atoms with Crippen molar-refractivity contribution in [2.45, 2.75) is 25.7 Å². The third-order valence-corrected chi connectivity index (χ3v) is 5.41. The molecule has 2 aromatic carbocycles. The van der Waals surface area contributed by atoms with Crippen LogP contribution in [0.3, 0.4) is 0 Å². The van der Waals surface area contributed by atoms with Crippen LogP contribution in [0.25, 0.3) is 0 Å². The number of benzene rings is 2. The van der Waals surface area contributed by atoms with E-state index in [1.54, 1.807) is 24.3 Å². The third kappa shape index (κ3) is 5.16. The van der Waals surface area contributed by atoms with Crippen LogP contribution in [0.5, 0.6) is 11.6 Å². The Kier molecular flexibility index (Phi) is 6.27. The maximum atomic E-state index is 13.8. The molecule has 1 aliphatic rings. The van der Waals surface area contributed by atoms with E-state index in [9.17, 15) is 17.6 Å². The van der Waals surface area contributed by atoms with Crippen molar-refractivity contribution in [3.8, 4) is 11.6 Å². The average Bonchev–Trinajstić information content (AvgIpc) is 2.77. The largest absolute Gasteiger partial charge is 0.436 e.